The Morgan fingerprint density at radius 2 is 2.15 bits per heavy atom. The number of nitrogens with one attached hydrogen (secondary N) is 2. The zero-order chi connectivity index (χ0) is 13.9. The number of hydrogen-bond donors (Lipinski definition) is 3. The second kappa shape index (κ2) is 5.88. The molecule has 1 aliphatic carbocycles. The molecule has 0 aromatic carbocycles. The van der Waals surface area contributed by atoms with Gasteiger partial charge in [-0.3, -0.25) is 4.79 Å². The lowest BCUT2D eigenvalue weighted by Gasteiger charge is -2.27. The summed E-state index contributed by atoms with van der Waals surface area (Å²) in [5, 5.41) is 19.6. The number of amides is 1. The van der Waals surface area contributed by atoms with Gasteiger partial charge >= 0.3 is 0 Å². The fourth-order valence-electron chi connectivity index (χ4n) is 2.88. The normalized spacial score (nSPS) is 30.4. The van der Waals surface area contributed by atoms with Crippen molar-refractivity contribution in [2.45, 2.75) is 56.7 Å². The second-order valence-corrected chi connectivity index (χ2v) is 5.54. The van der Waals surface area contributed by atoms with Crippen LogP contribution in [-0.4, -0.2) is 39.8 Å². The van der Waals surface area contributed by atoms with Crippen LogP contribution in [-0.2, 0) is 0 Å². The summed E-state index contributed by atoms with van der Waals surface area (Å²) >= 11 is 0. The number of nitrogens with zero attached hydrogens (tertiary/aromatic N) is 2. The maximum Gasteiger partial charge on any atom is 0.292 e. The number of carbonyl (C=O) groups is 1. The van der Waals surface area contributed by atoms with Gasteiger partial charge in [-0.2, -0.15) is 4.98 Å². The molecular weight excluding hydrogens is 260 g/mol. The minimum atomic E-state index is -0.476. The Bertz CT molecular complexity index is 470. The largest absolute Gasteiger partial charge is 0.391 e. The van der Waals surface area contributed by atoms with Crippen LogP contribution < -0.4 is 10.6 Å². The summed E-state index contributed by atoms with van der Waals surface area (Å²) < 4.78 is 5.14. The van der Waals surface area contributed by atoms with Crippen LogP contribution in [0.4, 0.5) is 0 Å². The number of aromatic nitrogens is 2. The lowest BCUT2D eigenvalue weighted by atomic mass is 9.92. The molecule has 7 heteroatoms. The van der Waals surface area contributed by atoms with Crippen LogP contribution in [0.2, 0.25) is 0 Å². The molecule has 1 aromatic rings. The standard InChI is InChI=1S/C13H20N4O3/c18-10-6-2-1-4-8(10)15-12(19)11-16-13(20-17-11)9-5-3-7-14-9/h8-10,14,18H,1-7H2,(H,15,19). The highest BCUT2D eigenvalue weighted by molar-refractivity contribution is 5.90. The van der Waals surface area contributed by atoms with Crippen LogP contribution in [0.5, 0.6) is 0 Å². The number of carbonyl (C=O) groups excluding carboxylic acids is 1. The van der Waals surface area contributed by atoms with Crippen molar-refractivity contribution in [1.29, 1.82) is 0 Å². The summed E-state index contributed by atoms with van der Waals surface area (Å²) in [7, 11) is 0. The van der Waals surface area contributed by atoms with Gasteiger partial charge in [0.25, 0.3) is 11.7 Å². The second-order valence-electron chi connectivity index (χ2n) is 5.54. The van der Waals surface area contributed by atoms with Crippen LogP contribution in [0.1, 0.15) is 61.1 Å². The van der Waals surface area contributed by atoms with Gasteiger partial charge in [-0.05, 0) is 32.2 Å². The first-order chi connectivity index (χ1) is 9.74. The van der Waals surface area contributed by atoms with E-state index in [1.54, 1.807) is 0 Å². The number of hydrogen-bond acceptors (Lipinski definition) is 6. The molecule has 0 spiro atoms. The van der Waals surface area contributed by atoms with Gasteiger partial charge in [0.2, 0.25) is 5.89 Å². The third kappa shape index (κ3) is 2.83. The first-order valence-corrected chi connectivity index (χ1v) is 7.30. The van der Waals surface area contributed by atoms with Crippen LogP contribution in [0, 0.1) is 0 Å². The quantitative estimate of drug-likeness (QED) is 0.746. The summed E-state index contributed by atoms with van der Waals surface area (Å²) in [6.45, 7) is 0.933. The third-order valence-electron chi connectivity index (χ3n) is 4.05. The Morgan fingerprint density at radius 3 is 2.90 bits per heavy atom. The van der Waals surface area contributed by atoms with Gasteiger partial charge in [-0.15, -0.1) is 0 Å². The van der Waals surface area contributed by atoms with Crippen molar-refractivity contribution in [3.05, 3.63) is 11.7 Å². The topological polar surface area (TPSA) is 100 Å². The first kappa shape index (κ1) is 13.5. The molecule has 7 nitrogen and oxygen atoms in total. The summed E-state index contributed by atoms with van der Waals surface area (Å²) in [6, 6.07) is -0.146. The number of rotatable bonds is 3. The van der Waals surface area contributed by atoms with E-state index in [1.807, 2.05) is 0 Å². The maximum absolute atomic E-state index is 12.1. The summed E-state index contributed by atoms with van der Waals surface area (Å²) in [4.78, 5) is 16.2. The van der Waals surface area contributed by atoms with Gasteiger partial charge < -0.3 is 20.3 Å². The van der Waals surface area contributed by atoms with Crippen molar-refractivity contribution in [2.24, 2.45) is 0 Å². The molecule has 0 radical (unpaired) electrons. The van der Waals surface area contributed by atoms with E-state index in [1.165, 1.54) is 0 Å². The summed E-state index contributed by atoms with van der Waals surface area (Å²) in [6.07, 6.45) is 5.10. The monoisotopic (exact) mass is 280 g/mol. The Labute approximate surface area is 117 Å². The third-order valence-corrected chi connectivity index (χ3v) is 4.05. The molecule has 3 N–H and O–H groups in total. The van der Waals surface area contributed by atoms with Crippen LogP contribution in [0.3, 0.4) is 0 Å². The van der Waals surface area contributed by atoms with E-state index in [9.17, 15) is 9.90 Å². The van der Waals surface area contributed by atoms with Crippen molar-refractivity contribution >= 4 is 5.91 Å². The molecule has 3 rings (SSSR count). The molecule has 1 aliphatic heterocycles. The van der Waals surface area contributed by atoms with E-state index >= 15 is 0 Å². The summed E-state index contributed by atoms with van der Waals surface area (Å²) in [5.41, 5.74) is 0. The molecule has 2 heterocycles. The first-order valence-electron chi connectivity index (χ1n) is 7.30. The maximum atomic E-state index is 12.1. The SMILES string of the molecule is O=C(NC1CCCCC1O)c1noc(C2CCCN2)n1. The molecule has 1 amide bonds. The van der Waals surface area contributed by atoms with Crippen molar-refractivity contribution in [2.75, 3.05) is 6.54 Å². The molecule has 3 unspecified atom stereocenters. The fourth-order valence-corrected chi connectivity index (χ4v) is 2.88. The Hall–Kier alpha value is -1.47. The fraction of sp³-hybridized carbons (Fsp3) is 0.769. The van der Waals surface area contributed by atoms with Crippen LogP contribution >= 0.6 is 0 Å². The molecule has 3 atom stereocenters. The highest BCUT2D eigenvalue weighted by atomic mass is 16.5. The number of aliphatic hydroxyl groups excluding tert-OH is 1. The molecule has 2 fully saturated rings. The van der Waals surface area contributed by atoms with E-state index in [4.69, 9.17) is 4.52 Å². The molecular formula is C13H20N4O3. The van der Waals surface area contributed by atoms with Crippen molar-refractivity contribution in [1.82, 2.24) is 20.8 Å². The predicted molar refractivity (Wildman–Crippen MR) is 70.0 cm³/mol. The minimum absolute atomic E-state index is 0.0477. The molecule has 0 bridgehead atoms. The Morgan fingerprint density at radius 1 is 1.30 bits per heavy atom. The van der Waals surface area contributed by atoms with E-state index < -0.39 is 6.10 Å². The van der Waals surface area contributed by atoms with Crippen molar-refractivity contribution < 1.29 is 14.4 Å². The van der Waals surface area contributed by atoms with Crippen molar-refractivity contribution in [3.63, 3.8) is 0 Å². The lowest BCUT2D eigenvalue weighted by Crippen LogP contribution is -2.45. The zero-order valence-corrected chi connectivity index (χ0v) is 11.3. The molecule has 20 heavy (non-hydrogen) atoms. The lowest BCUT2D eigenvalue weighted by molar-refractivity contribution is 0.0708. The predicted octanol–water partition coefficient (Wildman–Crippen LogP) is 0.527. The van der Waals surface area contributed by atoms with E-state index in [-0.39, 0.29) is 23.8 Å². The number of aliphatic hydroxyl groups is 1. The van der Waals surface area contributed by atoms with Gasteiger partial charge in [0, 0.05) is 0 Å². The van der Waals surface area contributed by atoms with E-state index in [0.717, 1.165) is 45.1 Å². The van der Waals surface area contributed by atoms with Crippen LogP contribution in [0.25, 0.3) is 0 Å². The van der Waals surface area contributed by atoms with Crippen molar-refractivity contribution in [3.8, 4) is 0 Å². The Kier molecular flexibility index (Phi) is 3.98. The van der Waals surface area contributed by atoms with E-state index in [2.05, 4.69) is 20.8 Å². The smallest absolute Gasteiger partial charge is 0.292 e. The molecule has 1 saturated heterocycles. The van der Waals surface area contributed by atoms with Crippen LogP contribution in [0.15, 0.2) is 4.52 Å². The zero-order valence-electron chi connectivity index (χ0n) is 11.3. The minimum Gasteiger partial charge on any atom is -0.391 e. The van der Waals surface area contributed by atoms with Gasteiger partial charge in [-0.25, -0.2) is 0 Å². The molecule has 2 aliphatic rings. The average molecular weight is 280 g/mol. The highest BCUT2D eigenvalue weighted by Crippen LogP contribution is 2.21. The average Bonchev–Trinajstić information content (AvgIpc) is 3.11. The van der Waals surface area contributed by atoms with Gasteiger partial charge in [0.15, 0.2) is 0 Å². The molecule has 1 aromatic heterocycles. The van der Waals surface area contributed by atoms with Gasteiger partial charge in [0.05, 0.1) is 18.2 Å². The Balaban J connectivity index is 1.62. The molecule has 1 saturated carbocycles. The van der Waals surface area contributed by atoms with Gasteiger partial charge in [-0.1, -0.05) is 18.0 Å². The highest BCUT2D eigenvalue weighted by Gasteiger charge is 2.28. The van der Waals surface area contributed by atoms with E-state index in [0.29, 0.717) is 5.89 Å². The summed E-state index contributed by atoms with van der Waals surface area (Å²) in [5.74, 6) is 0.146. The van der Waals surface area contributed by atoms with Gasteiger partial charge in [0.1, 0.15) is 0 Å². The molecule has 110 valence electrons.